The van der Waals surface area contributed by atoms with Crippen LogP contribution >= 0.6 is 0 Å². The van der Waals surface area contributed by atoms with Gasteiger partial charge in [0.2, 0.25) is 11.5 Å². The molecule has 2 aromatic carbocycles. The van der Waals surface area contributed by atoms with Crippen LogP contribution in [0.4, 0.5) is 0 Å². The molecule has 1 aromatic heterocycles. The van der Waals surface area contributed by atoms with E-state index in [4.69, 9.17) is 18.9 Å². The van der Waals surface area contributed by atoms with Crippen LogP contribution in [0.5, 0.6) is 17.2 Å². The molecule has 0 unspecified atom stereocenters. The smallest absolute Gasteiger partial charge is 0.306 e. The molecule has 0 spiro atoms. The summed E-state index contributed by atoms with van der Waals surface area (Å²) in [7, 11) is 4.61. The summed E-state index contributed by atoms with van der Waals surface area (Å²) >= 11 is 0. The minimum atomic E-state index is -0.444. The number of carbonyl (C=O) groups is 2. The summed E-state index contributed by atoms with van der Waals surface area (Å²) in [5, 5.41) is 0. The minimum absolute atomic E-state index is 0.124. The fourth-order valence-corrected chi connectivity index (χ4v) is 3.91. The van der Waals surface area contributed by atoms with Crippen LogP contribution in [0.2, 0.25) is 0 Å². The summed E-state index contributed by atoms with van der Waals surface area (Å²) in [6, 6.07) is 15.5. The number of ketones is 1. The predicted octanol–water partition coefficient (Wildman–Crippen LogP) is 4.54. The molecule has 180 valence electrons. The second-order valence-corrected chi connectivity index (χ2v) is 7.97. The van der Waals surface area contributed by atoms with Gasteiger partial charge in [0.05, 0.1) is 21.3 Å². The third-order valence-corrected chi connectivity index (χ3v) is 5.76. The molecule has 0 radical (unpaired) electrons. The average molecular weight is 466 g/mol. The third kappa shape index (κ3) is 5.78. The van der Waals surface area contributed by atoms with Crippen molar-refractivity contribution in [3.63, 3.8) is 0 Å². The van der Waals surface area contributed by atoms with E-state index in [0.717, 1.165) is 22.5 Å². The highest BCUT2D eigenvalue weighted by atomic mass is 16.5. The lowest BCUT2D eigenvalue weighted by molar-refractivity contribution is -0.142. The van der Waals surface area contributed by atoms with Crippen molar-refractivity contribution >= 4 is 11.8 Å². The maximum absolute atomic E-state index is 12.8. The lowest BCUT2D eigenvalue weighted by Crippen LogP contribution is -2.15. The highest BCUT2D eigenvalue weighted by Crippen LogP contribution is 2.38. The molecule has 3 rings (SSSR count). The van der Waals surface area contributed by atoms with Gasteiger partial charge in [0.15, 0.2) is 18.1 Å². The van der Waals surface area contributed by atoms with Crippen molar-refractivity contribution in [1.29, 1.82) is 0 Å². The summed E-state index contributed by atoms with van der Waals surface area (Å²) in [6.07, 6.45) is 0.536. The number of ether oxygens (including phenoxy) is 4. The monoisotopic (exact) mass is 465 g/mol. The Bertz CT molecular complexity index is 1120. The highest BCUT2D eigenvalue weighted by Gasteiger charge is 2.18. The van der Waals surface area contributed by atoms with E-state index in [0.29, 0.717) is 35.8 Å². The van der Waals surface area contributed by atoms with E-state index in [1.807, 2.05) is 38.1 Å². The van der Waals surface area contributed by atoms with Gasteiger partial charge in [-0.3, -0.25) is 9.59 Å². The molecule has 0 fully saturated rings. The van der Waals surface area contributed by atoms with Crippen molar-refractivity contribution in [3.05, 3.63) is 76.6 Å². The fraction of sp³-hybridized carbons (Fsp3) is 0.333. The van der Waals surface area contributed by atoms with Gasteiger partial charge in [0.25, 0.3) is 0 Å². The van der Waals surface area contributed by atoms with Gasteiger partial charge < -0.3 is 23.5 Å². The van der Waals surface area contributed by atoms with Crippen molar-refractivity contribution < 1.29 is 28.5 Å². The number of Topliss-reactive ketones (excluding diaryl/α,β-unsaturated/α-hetero) is 1. The first-order valence-electron chi connectivity index (χ1n) is 11.1. The van der Waals surface area contributed by atoms with Gasteiger partial charge in [0, 0.05) is 29.9 Å². The first-order valence-corrected chi connectivity index (χ1v) is 11.1. The molecule has 0 aliphatic carbocycles. The molecular weight excluding hydrogens is 434 g/mol. The molecule has 0 bridgehead atoms. The van der Waals surface area contributed by atoms with Crippen LogP contribution in [0.15, 0.2) is 48.5 Å². The quantitative estimate of drug-likeness (QED) is 0.306. The second kappa shape index (κ2) is 11.4. The van der Waals surface area contributed by atoms with E-state index in [1.165, 1.54) is 21.3 Å². The van der Waals surface area contributed by atoms with E-state index in [2.05, 4.69) is 16.7 Å². The molecule has 0 aliphatic heterocycles. The number of carbonyl (C=O) groups excluding carboxylic acids is 2. The average Bonchev–Trinajstić information content (AvgIpc) is 3.14. The Labute approximate surface area is 200 Å². The van der Waals surface area contributed by atoms with Crippen molar-refractivity contribution in [2.45, 2.75) is 33.2 Å². The molecule has 0 amide bonds. The van der Waals surface area contributed by atoms with Crippen LogP contribution in [-0.4, -0.2) is 44.3 Å². The summed E-state index contributed by atoms with van der Waals surface area (Å²) in [4.78, 5) is 25.1. The first kappa shape index (κ1) is 24.9. The molecule has 1 heterocycles. The topological polar surface area (TPSA) is 76.0 Å². The second-order valence-electron chi connectivity index (χ2n) is 7.97. The molecule has 3 aromatic rings. The Kier molecular flexibility index (Phi) is 8.35. The molecule has 0 N–H and O–H groups in total. The number of nitrogens with zero attached hydrogens (tertiary/aromatic N) is 1. The Morgan fingerprint density at radius 1 is 0.853 bits per heavy atom. The van der Waals surface area contributed by atoms with Crippen LogP contribution in [-0.2, 0) is 22.5 Å². The number of benzene rings is 2. The number of hydrogen-bond donors (Lipinski definition) is 0. The Morgan fingerprint density at radius 2 is 1.50 bits per heavy atom. The molecule has 0 saturated heterocycles. The van der Waals surface area contributed by atoms with Gasteiger partial charge in [-0.05, 0) is 49.6 Å². The van der Waals surface area contributed by atoms with Gasteiger partial charge in [0.1, 0.15) is 0 Å². The number of methoxy groups -OCH3 is 3. The summed E-state index contributed by atoms with van der Waals surface area (Å²) in [6.45, 7) is 4.27. The minimum Gasteiger partial charge on any atom is -0.493 e. The highest BCUT2D eigenvalue weighted by molar-refractivity contribution is 5.99. The van der Waals surface area contributed by atoms with Crippen molar-refractivity contribution in [2.24, 2.45) is 0 Å². The predicted molar refractivity (Wildman–Crippen MR) is 129 cm³/mol. The Morgan fingerprint density at radius 3 is 2.09 bits per heavy atom. The van der Waals surface area contributed by atoms with Gasteiger partial charge in [-0.2, -0.15) is 0 Å². The molecule has 0 aliphatic rings. The van der Waals surface area contributed by atoms with Gasteiger partial charge in [-0.25, -0.2) is 0 Å². The largest absolute Gasteiger partial charge is 0.493 e. The zero-order valence-corrected chi connectivity index (χ0v) is 20.3. The van der Waals surface area contributed by atoms with E-state index < -0.39 is 5.97 Å². The summed E-state index contributed by atoms with van der Waals surface area (Å²) < 4.78 is 23.4. The Balaban J connectivity index is 1.58. The van der Waals surface area contributed by atoms with Crippen molar-refractivity contribution in [1.82, 2.24) is 4.57 Å². The van der Waals surface area contributed by atoms with E-state index in [-0.39, 0.29) is 18.8 Å². The molecule has 7 nitrogen and oxygen atoms in total. The zero-order chi connectivity index (χ0) is 24.7. The summed E-state index contributed by atoms with van der Waals surface area (Å²) in [5.74, 6) is 0.873. The van der Waals surface area contributed by atoms with Crippen molar-refractivity contribution in [2.75, 3.05) is 27.9 Å². The van der Waals surface area contributed by atoms with E-state index >= 15 is 0 Å². The van der Waals surface area contributed by atoms with Crippen LogP contribution in [0.3, 0.4) is 0 Å². The maximum atomic E-state index is 12.8. The maximum Gasteiger partial charge on any atom is 0.306 e. The van der Waals surface area contributed by atoms with Crippen molar-refractivity contribution in [3.8, 4) is 17.2 Å². The lowest BCUT2D eigenvalue weighted by atomic mass is 10.1. The zero-order valence-electron chi connectivity index (χ0n) is 20.3. The fourth-order valence-electron chi connectivity index (χ4n) is 3.91. The van der Waals surface area contributed by atoms with E-state index in [9.17, 15) is 9.59 Å². The van der Waals surface area contributed by atoms with Gasteiger partial charge in [-0.15, -0.1) is 0 Å². The normalized spacial score (nSPS) is 10.6. The molecule has 34 heavy (non-hydrogen) atoms. The lowest BCUT2D eigenvalue weighted by Gasteiger charge is -2.14. The number of rotatable bonds is 11. The number of esters is 1. The van der Waals surface area contributed by atoms with Gasteiger partial charge >= 0.3 is 5.97 Å². The van der Waals surface area contributed by atoms with Crippen LogP contribution in [0.1, 0.15) is 39.3 Å². The van der Waals surface area contributed by atoms with Crippen LogP contribution < -0.4 is 14.2 Å². The number of hydrogen-bond acceptors (Lipinski definition) is 6. The third-order valence-electron chi connectivity index (χ3n) is 5.76. The number of aromatic nitrogens is 1. The first-order chi connectivity index (χ1) is 16.4. The van der Waals surface area contributed by atoms with Crippen LogP contribution in [0, 0.1) is 13.8 Å². The van der Waals surface area contributed by atoms with E-state index in [1.54, 1.807) is 12.1 Å². The van der Waals surface area contributed by atoms with Crippen LogP contribution in [0.25, 0.3) is 0 Å². The Hall–Kier alpha value is -3.74. The molecule has 0 saturated carbocycles. The van der Waals surface area contributed by atoms with Gasteiger partial charge in [-0.1, -0.05) is 30.3 Å². The molecule has 0 atom stereocenters. The SMILES string of the molecule is COc1cc(CCC(=O)OCC(=O)c2cc(C)n(Cc3ccccc3)c2C)cc(OC)c1OC. The molecular formula is C27H31NO6. The summed E-state index contributed by atoms with van der Waals surface area (Å²) in [5.41, 5.74) is 4.41. The number of aryl methyl sites for hydroxylation is 2. The molecule has 7 heteroatoms. The standard InChI is InChI=1S/C27H31NO6/c1-18-13-22(19(2)28(18)16-20-9-7-6-8-10-20)23(29)17-34-26(30)12-11-21-14-24(31-3)27(33-5)25(15-21)32-4/h6-10,13-15H,11-12,16-17H2,1-5H3.